The summed E-state index contributed by atoms with van der Waals surface area (Å²) in [6, 6.07) is 25.7. The van der Waals surface area contributed by atoms with Gasteiger partial charge >= 0.3 is 0 Å². The molecule has 0 aromatic heterocycles. The summed E-state index contributed by atoms with van der Waals surface area (Å²) >= 11 is 0. The topological polar surface area (TPSA) is 12.0 Å². The first-order valence-electron chi connectivity index (χ1n) is 8.10. The second kappa shape index (κ2) is 6.80. The van der Waals surface area contributed by atoms with E-state index in [1.807, 2.05) is 6.08 Å². The number of nitrogens with one attached hydrogen (secondary N) is 1. The van der Waals surface area contributed by atoms with Gasteiger partial charge in [0.15, 0.2) is 0 Å². The maximum Gasteiger partial charge on any atom is 0.0443 e. The SMILES string of the molecule is C=CCC(C)(NCc1ccccc1)c1ccc2ccccc2c1. The van der Waals surface area contributed by atoms with E-state index in [0.717, 1.165) is 13.0 Å². The lowest BCUT2D eigenvalue weighted by molar-refractivity contribution is 0.368. The number of rotatable bonds is 6. The fourth-order valence-electron chi connectivity index (χ4n) is 3.01. The molecule has 1 atom stereocenters. The van der Waals surface area contributed by atoms with Gasteiger partial charge in [0.2, 0.25) is 0 Å². The zero-order valence-corrected chi connectivity index (χ0v) is 13.6. The van der Waals surface area contributed by atoms with Gasteiger partial charge in [-0.15, -0.1) is 6.58 Å². The third-order valence-corrected chi connectivity index (χ3v) is 4.46. The lowest BCUT2D eigenvalue weighted by atomic mass is 9.87. The van der Waals surface area contributed by atoms with Crippen LogP contribution in [-0.4, -0.2) is 0 Å². The summed E-state index contributed by atoms with van der Waals surface area (Å²) in [7, 11) is 0. The maximum absolute atomic E-state index is 3.95. The first-order valence-corrected chi connectivity index (χ1v) is 8.10. The van der Waals surface area contributed by atoms with Crippen molar-refractivity contribution in [2.24, 2.45) is 0 Å². The van der Waals surface area contributed by atoms with Gasteiger partial charge in [0.1, 0.15) is 0 Å². The van der Waals surface area contributed by atoms with E-state index < -0.39 is 0 Å². The third kappa shape index (κ3) is 3.52. The molecule has 3 aromatic rings. The Kier molecular flexibility index (Phi) is 4.59. The molecule has 1 N–H and O–H groups in total. The molecule has 0 saturated heterocycles. The van der Waals surface area contributed by atoms with Crippen molar-refractivity contribution < 1.29 is 0 Å². The molecule has 3 aromatic carbocycles. The zero-order chi connectivity index (χ0) is 16.1. The second-order valence-electron chi connectivity index (χ2n) is 6.23. The zero-order valence-electron chi connectivity index (χ0n) is 13.6. The molecule has 0 radical (unpaired) electrons. The first-order chi connectivity index (χ1) is 11.2. The molecule has 0 heterocycles. The Morgan fingerprint density at radius 2 is 1.61 bits per heavy atom. The minimum absolute atomic E-state index is 0.123. The molecule has 3 rings (SSSR count). The van der Waals surface area contributed by atoms with Crippen LogP contribution in [0.3, 0.4) is 0 Å². The maximum atomic E-state index is 3.95. The van der Waals surface area contributed by atoms with Crippen molar-refractivity contribution in [1.29, 1.82) is 0 Å². The van der Waals surface area contributed by atoms with E-state index >= 15 is 0 Å². The van der Waals surface area contributed by atoms with E-state index in [4.69, 9.17) is 0 Å². The summed E-state index contributed by atoms with van der Waals surface area (Å²) in [6.07, 6.45) is 2.88. The minimum atomic E-state index is -0.123. The largest absolute Gasteiger partial charge is 0.303 e. The van der Waals surface area contributed by atoms with Gasteiger partial charge in [-0.2, -0.15) is 0 Å². The molecule has 0 spiro atoms. The molecular weight excluding hydrogens is 278 g/mol. The molecule has 0 bridgehead atoms. The lowest BCUT2D eigenvalue weighted by Crippen LogP contribution is -2.38. The summed E-state index contributed by atoms with van der Waals surface area (Å²) in [5, 5.41) is 6.28. The van der Waals surface area contributed by atoms with E-state index in [1.165, 1.54) is 21.9 Å². The normalized spacial score (nSPS) is 13.6. The van der Waals surface area contributed by atoms with E-state index in [9.17, 15) is 0 Å². The molecule has 23 heavy (non-hydrogen) atoms. The van der Waals surface area contributed by atoms with E-state index in [1.54, 1.807) is 0 Å². The smallest absolute Gasteiger partial charge is 0.0443 e. The monoisotopic (exact) mass is 301 g/mol. The number of fused-ring (bicyclic) bond motifs is 1. The van der Waals surface area contributed by atoms with Crippen molar-refractivity contribution in [3.63, 3.8) is 0 Å². The highest BCUT2D eigenvalue weighted by molar-refractivity contribution is 5.83. The van der Waals surface area contributed by atoms with Crippen molar-refractivity contribution in [3.05, 3.63) is 96.6 Å². The van der Waals surface area contributed by atoms with Crippen LogP contribution in [0, 0.1) is 0 Å². The van der Waals surface area contributed by atoms with Gasteiger partial charge in [-0.05, 0) is 41.3 Å². The van der Waals surface area contributed by atoms with Crippen LogP contribution in [0.15, 0.2) is 85.5 Å². The minimum Gasteiger partial charge on any atom is -0.303 e. The summed E-state index contributed by atoms with van der Waals surface area (Å²) in [6.45, 7) is 7.05. The molecule has 0 saturated carbocycles. The standard InChI is InChI=1S/C22H23N/c1-3-15-22(2,23-17-18-9-5-4-6-10-18)21-14-13-19-11-7-8-12-20(19)16-21/h3-14,16,23H,1,15,17H2,2H3. The van der Waals surface area contributed by atoms with Gasteiger partial charge in [0.25, 0.3) is 0 Å². The van der Waals surface area contributed by atoms with Crippen LogP contribution in [0.1, 0.15) is 24.5 Å². The van der Waals surface area contributed by atoms with Gasteiger partial charge < -0.3 is 5.32 Å². The average molecular weight is 301 g/mol. The Morgan fingerprint density at radius 1 is 0.913 bits per heavy atom. The van der Waals surface area contributed by atoms with E-state index in [-0.39, 0.29) is 5.54 Å². The fraction of sp³-hybridized carbons (Fsp3) is 0.182. The molecule has 0 fully saturated rings. The Bertz CT molecular complexity index is 791. The molecule has 0 aliphatic rings. The third-order valence-electron chi connectivity index (χ3n) is 4.46. The summed E-state index contributed by atoms with van der Waals surface area (Å²) in [5.41, 5.74) is 2.47. The van der Waals surface area contributed by atoms with Crippen LogP contribution in [0.4, 0.5) is 0 Å². The van der Waals surface area contributed by atoms with Crippen molar-refractivity contribution in [1.82, 2.24) is 5.32 Å². The van der Waals surface area contributed by atoms with Crippen LogP contribution >= 0.6 is 0 Å². The molecule has 1 nitrogen and oxygen atoms in total. The Hall–Kier alpha value is -2.38. The van der Waals surface area contributed by atoms with Crippen molar-refractivity contribution >= 4 is 10.8 Å². The molecule has 0 aliphatic carbocycles. The van der Waals surface area contributed by atoms with Crippen LogP contribution in [0.25, 0.3) is 10.8 Å². The number of hydrogen-bond donors (Lipinski definition) is 1. The Balaban J connectivity index is 1.90. The summed E-state index contributed by atoms with van der Waals surface area (Å²) < 4.78 is 0. The van der Waals surface area contributed by atoms with Gasteiger partial charge in [-0.1, -0.05) is 72.8 Å². The molecule has 1 unspecified atom stereocenters. The summed E-state index contributed by atoms with van der Waals surface area (Å²) in [4.78, 5) is 0. The van der Waals surface area contributed by atoms with Gasteiger partial charge in [-0.3, -0.25) is 0 Å². The molecular formula is C22H23N. The van der Waals surface area contributed by atoms with Crippen LogP contribution in [0.5, 0.6) is 0 Å². The number of hydrogen-bond acceptors (Lipinski definition) is 1. The van der Waals surface area contributed by atoms with Crippen LogP contribution < -0.4 is 5.32 Å². The highest BCUT2D eigenvalue weighted by atomic mass is 15.0. The predicted molar refractivity (Wildman–Crippen MR) is 99.4 cm³/mol. The fourth-order valence-corrected chi connectivity index (χ4v) is 3.01. The van der Waals surface area contributed by atoms with Crippen molar-refractivity contribution in [3.8, 4) is 0 Å². The summed E-state index contributed by atoms with van der Waals surface area (Å²) in [5.74, 6) is 0. The van der Waals surface area contributed by atoms with Gasteiger partial charge in [0, 0.05) is 12.1 Å². The van der Waals surface area contributed by atoms with Crippen molar-refractivity contribution in [2.45, 2.75) is 25.4 Å². The van der Waals surface area contributed by atoms with Gasteiger partial charge in [-0.25, -0.2) is 0 Å². The average Bonchev–Trinajstić information content (AvgIpc) is 2.61. The molecule has 0 amide bonds. The van der Waals surface area contributed by atoms with E-state index in [2.05, 4.69) is 91.6 Å². The second-order valence-corrected chi connectivity index (χ2v) is 6.23. The first kappa shape index (κ1) is 15.5. The quantitative estimate of drug-likeness (QED) is 0.599. The van der Waals surface area contributed by atoms with E-state index in [0.29, 0.717) is 0 Å². The molecule has 1 heteroatoms. The number of benzene rings is 3. The highest BCUT2D eigenvalue weighted by Gasteiger charge is 2.24. The predicted octanol–water partition coefficient (Wildman–Crippen LogP) is 5.42. The van der Waals surface area contributed by atoms with Crippen LogP contribution in [-0.2, 0) is 12.1 Å². The Morgan fingerprint density at radius 3 is 2.35 bits per heavy atom. The van der Waals surface area contributed by atoms with Gasteiger partial charge in [0.05, 0.1) is 0 Å². The highest BCUT2D eigenvalue weighted by Crippen LogP contribution is 2.28. The van der Waals surface area contributed by atoms with Crippen molar-refractivity contribution in [2.75, 3.05) is 0 Å². The Labute approximate surface area is 138 Å². The van der Waals surface area contributed by atoms with Crippen LogP contribution in [0.2, 0.25) is 0 Å². The lowest BCUT2D eigenvalue weighted by Gasteiger charge is -2.31. The molecule has 0 aliphatic heterocycles. The molecule has 116 valence electrons.